The fraction of sp³-hybridized carbons (Fsp3) is 0.588. The molecule has 2 N–H and O–H groups in total. The number of hydrogen-bond donors (Lipinski definition) is 2. The third-order valence-corrected chi connectivity index (χ3v) is 7.82. The Balaban J connectivity index is 1.34. The molecule has 2 fully saturated rings. The van der Waals surface area contributed by atoms with Crippen LogP contribution in [-0.2, 0) is 24.2 Å². The molecule has 4 rings (SSSR count). The first-order valence-corrected chi connectivity index (χ1v) is 12.5. The Kier molecular flexibility index (Phi) is 6.20. The van der Waals surface area contributed by atoms with Gasteiger partial charge in [-0.25, -0.2) is 18.4 Å². The van der Waals surface area contributed by atoms with Gasteiger partial charge in [-0.05, 0) is 6.42 Å². The SMILES string of the molecule is O=C(NNC(=O)c1csc(N2CCOCC2)n1)C1=NN([C@@H]2CCS(=O)(=O)C2)C(=O)CC1. The number of nitrogens with zero attached hydrogens (tertiary/aromatic N) is 4. The summed E-state index contributed by atoms with van der Waals surface area (Å²) in [7, 11) is -3.20. The zero-order valence-corrected chi connectivity index (χ0v) is 18.2. The summed E-state index contributed by atoms with van der Waals surface area (Å²) in [6.45, 7) is 2.60. The molecule has 0 aliphatic carbocycles. The highest BCUT2D eigenvalue weighted by molar-refractivity contribution is 7.91. The van der Waals surface area contributed by atoms with Gasteiger partial charge in [0, 0.05) is 31.3 Å². The molecule has 168 valence electrons. The van der Waals surface area contributed by atoms with Crippen LogP contribution >= 0.6 is 11.3 Å². The summed E-state index contributed by atoms with van der Waals surface area (Å²) in [6.07, 6.45) is 0.443. The highest BCUT2D eigenvalue weighted by Crippen LogP contribution is 2.23. The van der Waals surface area contributed by atoms with Crippen molar-refractivity contribution in [2.24, 2.45) is 5.10 Å². The van der Waals surface area contributed by atoms with E-state index >= 15 is 0 Å². The first-order valence-electron chi connectivity index (χ1n) is 9.81. The highest BCUT2D eigenvalue weighted by atomic mass is 32.2. The summed E-state index contributed by atoms with van der Waals surface area (Å²) in [5.74, 6) is -1.72. The number of aromatic nitrogens is 1. The van der Waals surface area contributed by atoms with Crippen molar-refractivity contribution >= 4 is 49.7 Å². The molecule has 1 atom stereocenters. The molecule has 3 amide bonds. The molecule has 4 heterocycles. The second-order valence-electron chi connectivity index (χ2n) is 7.36. The van der Waals surface area contributed by atoms with Gasteiger partial charge in [-0.1, -0.05) is 0 Å². The Hall–Kier alpha value is -2.58. The average Bonchev–Trinajstić information content (AvgIpc) is 3.39. The normalized spacial score (nSPS) is 23.4. The summed E-state index contributed by atoms with van der Waals surface area (Å²) in [5.41, 5.74) is 4.81. The number of thiazole rings is 1. The maximum Gasteiger partial charge on any atom is 0.289 e. The number of nitrogens with one attached hydrogen (secondary N) is 2. The zero-order valence-electron chi connectivity index (χ0n) is 16.6. The van der Waals surface area contributed by atoms with Crippen LogP contribution in [0.1, 0.15) is 29.8 Å². The van der Waals surface area contributed by atoms with Gasteiger partial charge in [-0.15, -0.1) is 11.3 Å². The maximum absolute atomic E-state index is 12.4. The minimum Gasteiger partial charge on any atom is -0.378 e. The van der Waals surface area contributed by atoms with E-state index in [-0.39, 0.29) is 41.7 Å². The van der Waals surface area contributed by atoms with Crippen molar-refractivity contribution in [2.45, 2.75) is 25.3 Å². The molecule has 12 nitrogen and oxygen atoms in total. The molecule has 0 radical (unpaired) electrons. The van der Waals surface area contributed by atoms with Gasteiger partial charge in [0.05, 0.1) is 30.8 Å². The van der Waals surface area contributed by atoms with Crippen molar-refractivity contribution in [3.8, 4) is 0 Å². The molecule has 1 aromatic heterocycles. The Bertz CT molecular complexity index is 1020. The topological polar surface area (TPSA) is 150 Å². The van der Waals surface area contributed by atoms with Crippen LogP contribution in [0.15, 0.2) is 10.5 Å². The molecule has 3 aliphatic rings. The molecular weight excluding hydrogens is 448 g/mol. The lowest BCUT2D eigenvalue weighted by Crippen LogP contribution is -2.48. The summed E-state index contributed by atoms with van der Waals surface area (Å²) >= 11 is 1.33. The predicted octanol–water partition coefficient (Wildman–Crippen LogP) is -1.09. The lowest BCUT2D eigenvalue weighted by atomic mass is 10.1. The Morgan fingerprint density at radius 1 is 1.16 bits per heavy atom. The number of hydrazine groups is 1. The van der Waals surface area contributed by atoms with Crippen molar-refractivity contribution < 1.29 is 27.5 Å². The molecule has 2 saturated heterocycles. The number of morpholine rings is 1. The molecule has 0 spiro atoms. The molecular formula is C17H22N6O6S2. The number of carbonyl (C=O) groups is 3. The van der Waals surface area contributed by atoms with E-state index in [1.165, 1.54) is 11.3 Å². The first-order chi connectivity index (χ1) is 14.8. The van der Waals surface area contributed by atoms with Gasteiger partial charge in [0.15, 0.2) is 15.0 Å². The number of carbonyl (C=O) groups excluding carboxylic acids is 3. The second-order valence-corrected chi connectivity index (χ2v) is 10.4. The number of hydrogen-bond acceptors (Lipinski definition) is 10. The zero-order chi connectivity index (χ0) is 22.0. The molecule has 0 aromatic carbocycles. The Morgan fingerprint density at radius 3 is 2.61 bits per heavy atom. The monoisotopic (exact) mass is 470 g/mol. The summed E-state index contributed by atoms with van der Waals surface area (Å²) in [5, 5.41) is 7.47. The number of amides is 3. The van der Waals surface area contributed by atoms with Gasteiger partial charge >= 0.3 is 0 Å². The summed E-state index contributed by atoms with van der Waals surface area (Å²) in [4.78, 5) is 43.2. The van der Waals surface area contributed by atoms with Gasteiger partial charge < -0.3 is 9.64 Å². The van der Waals surface area contributed by atoms with Crippen LogP contribution in [0.4, 0.5) is 5.13 Å². The van der Waals surface area contributed by atoms with Gasteiger partial charge in [-0.3, -0.25) is 25.2 Å². The molecule has 0 unspecified atom stereocenters. The largest absolute Gasteiger partial charge is 0.378 e. The third-order valence-electron chi connectivity index (χ3n) is 5.17. The van der Waals surface area contributed by atoms with Crippen molar-refractivity contribution in [3.63, 3.8) is 0 Å². The van der Waals surface area contributed by atoms with Crippen LogP contribution in [0.2, 0.25) is 0 Å². The van der Waals surface area contributed by atoms with E-state index in [1.54, 1.807) is 5.38 Å². The number of anilines is 1. The van der Waals surface area contributed by atoms with E-state index in [1.807, 2.05) is 4.90 Å². The lowest BCUT2D eigenvalue weighted by Gasteiger charge is -2.27. The molecule has 31 heavy (non-hydrogen) atoms. The molecule has 14 heteroatoms. The standard InChI is InChI=1S/C17H22N6O6S2/c24-14-2-1-12(21-23(14)11-3-8-31(27,28)10-11)15(25)19-20-16(26)13-9-30-17(18-13)22-4-6-29-7-5-22/h9,11H,1-8,10H2,(H,19,25)(H,20,26)/t11-/m1/s1. The Labute approximate surface area is 182 Å². The van der Waals surface area contributed by atoms with E-state index in [0.717, 1.165) is 5.01 Å². The fourth-order valence-corrected chi connectivity index (χ4v) is 6.06. The number of ether oxygens (including phenoxy) is 1. The number of hydrazone groups is 1. The maximum atomic E-state index is 12.4. The lowest BCUT2D eigenvalue weighted by molar-refractivity contribution is -0.133. The van der Waals surface area contributed by atoms with Crippen molar-refractivity contribution in [1.29, 1.82) is 0 Å². The van der Waals surface area contributed by atoms with E-state index in [0.29, 0.717) is 37.9 Å². The van der Waals surface area contributed by atoms with Crippen LogP contribution in [0.5, 0.6) is 0 Å². The van der Waals surface area contributed by atoms with Gasteiger partial charge in [0.1, 0.15) is 11.4 Å². The molecule has 0 saturated carbocycles. The van der Waals surface area contributed by atoms with Crippen LogP contribution in [0, 0.1) is 0 Å². The van der Waals surface area contributed by atoms with E-state index < -0.39 is 27.7 Å². The van der Waals surface area contributed by atoms with Crippen molar-refractivity contribution in [3.05, 3.63) is 11.1 Å². The molecule has 3 aliphatic heterocycles. The van der Waals surface area contributed by atoms with E-state index in [4.69, 9.17) is 4.74 Å². The number of rotatable bonds is 4. The fourth-order valence-electron chi connectivity index (χ4n) is 3.51. The van der Waals surface area contributed by atoms with Gasteiger partial charge in [0.25, 0.3) is 11.8 Å². The van der Waals surface area contributed by atoms with Crippen molar-refractivity contribution in [2.75, 3.05) is 42.7 Å². The second kappa shape index (κ2) is 8.88. The van der Waals surface area contributed by atoms with Gasteiger partial charge in [0.2, 0.25) is 5.91 Å². The van der Waals surface area contributed by atoms with Crippen LogP contribution in [0.25, 0.3) is 0 Å². The van der Waals surface area contributed by atoms with E-state index in [9.17, 15) is 22.8 Å². The van der Waals surface area contributed by atoms with Crippen LogP contribution < -0.4 is 15.8 Å². The third kappa shape index (κ3) is 5.02. The Morgan fingerprint density at radius 2 is 1.90 bits per heavy atom. The molecule has 0 bridgehead atoms. The van der Waals surface area contributed by atoms with Crippen LogP contribution in [-0.4, -0.2) is 85.7 Å². The summed E-state index contributed by atoms with van der Waals surface area (Å²) in [6, 6.07) is -0.566. The molecule has 1 aromatic rings. The van der Waals surface area contributed by atoms with Crippen LogP contribution in [0.3, 0.4) is 0 Å². The average molecular weight is 471 g/mol. The first kappa shape index (κ1) is 21.6. The number of sulfone groups is 1. The highest BCUT2D eigenvalue weighted by Gasteiger charge is 2.37. The smallest absolute Gasteiger partial charge is 0.289 e. The van der Waals surface area contributed by atoms with Gasteiger partial charge in [-0.2, -0.15) is 5.10 Å². The predicted molar refractivity (Wildman–Crippen MR) is 111 cm³/mol. The van der Waals surface area contributed by atoms with E-state index in [2.05, 4.69) is 20.9 Å². The minimum atomic E-state index is -3.20. The minimum absolute atomic E-state index is 0.00532. The quantitative estimate of drug-likeness (QED) is 0.527. The van der Waals surface area contributed by atoms with Crippen molar-refractivity contribution in [1.82, 2.24) is 20.8 Å². The summed E-state index contributed by atoms with van der Waals surface area (Å²) < 4.78 is 28.7.